The summed E-state index contributed by atoms with van der Waals surface area (Å²) in [6.45, 7) is 0.439. The molecule has 3 rings (SSSR count). The molecule has 140 valence electrons. The van der Waals surface area contributed by atoms with Crippen LogP contribution in [0.25, 0.3) is 5.69 Å². The number of nitrogens with zero attached hydrogens (tertiary/aromatic N) is 3. The van der Waals surface area contributed by atoms with Gasteiger partial charge in [-0.2, -0.15) is 5.10 Å². The van der Waals surface area contributed by atoms with Gasteiger partial charge in [0.25, 0.3) is 5.91 Å². The largest absolute Gasteiger partial charge is 0.380 e. The van der Waals surface area contributed by atoms with Crippen LogP contribution in [-0.2, 0) is 17.6 Å². The summed E-state index contributed by atoms with van der Waals surface area (Å²) in [5.74, 6) is 5.24. The maximum Gasteiger partial charge on any atom is 0.269 e. The van der Waals surface area contributed by atoms with E-state index in [1.54, 1.807) is 11.7 Å². The number of carbonyl (C=O) groups excluding carboxylic acids is 2. The van der Waals surface area contributed by atoms with Gasteiger partial charge in [0.05, 0.1) is 5.69 Å². The number of aliphatic hydroxyl groups is 1. The fourth-order valence-corrected chi connectivity index (χ4v) is 3.18. The van der Waals surface area contributed by atoms with Gasteiger partial charge in [0.2, 0.25) is 6.41 Å². The van der Waals surface area contributed by atoms with Gasteiger partial charge in [-0.15, -0.1) is 0 Å². The summed E-state index contributed by atoms with van der Waals surface area (Å²) < 4.78 is 1.77. The van der Waals surface area contributed by atoms with Gasteiger partial charge in [0, 0.05) is 36.8 Å². The predicted molar refractivity (Wildman–Crippen MR) is 100 cm³/mol. The van der Waals surface area contributed by atoms with Crippen LogP contribution in [0.4, 0.5) is 0 Å². The molecular formula is C20H22N4O3. The number of primary amides is 1. The third kappa shape index (κ3) is 4.18. The first-order chi connectivity index (χ1) is 13.0. The fourth-order valence-electron chi connectivity index (χ4n) is 3.18. The Hall–Kier alpha value is -3.11. The minimum Gasteiger partial charge on any atom is -0.380 e. The van der Waals surface area contributed by atoms with Gasteiger partial charge in [0.1, 0.15) is 6.10 Å². The molecule has 1 unspecified atom stereocenters. The average molecular weight is 366 g/mol. The second-order valence-corrected chi connectivity index (χ2v) is 6.61. The first kappa shape index (κ1) is 18.7. The van der Waals surface area contributed by atoms with Crippen LogP contribution in [0.5, 0.6) is 0 Å². The van der Waals surface area contributed by atoms with Crippen molar-refractivity contribution in [2.24, 2.45) is 5.73 Å². The molecule has 0 saturated heterocycles. The Morgan fingerprint density at radius 1 is 1.48 bits per heavy atom. The van der Waals surface area contributed by atoms with Gasteiger partial charge in [-0.25, -0.2) is 4.68 Å². The van der Waals surface area contributed by atoms with Gasteiger partial charge in [0.15, 0.2) is 5.69 Å². The molecule has 7 nitrogen and oxygen atoms in total. The van der Waals surface area contributed by atoms with Crippen LogP contribution in [0.3, 0.4) is 0 Å². The van der Waals surface area contributed by atoms with Crippen molar-refractivity contribution in [2.75, 3.05) is 13.6 Å². The molecule has 0 bridgehead atoms. The minimum atomic E-state index is -0.813. The normalized spacial score (nSPS) is 13.4. The number of aliphatic hydroxyl groups excluding tert-OH is 1. The van der Waals surface area contributed by atoms with E-state index in [2.05, 4.69) is 16.9 Å². The molecule has 7 heteroatoms. The number of rotatable bonds is 6. The Morgan fingerprint density at radius 2 is 2.30 bits per heavy atom. The Morgan fingerprint density at radius 3 is 3.04 bits per heavy atom. The molecule has 1 aliphatic carbocycles. The van der Waals surface area contributed by atoms with Gasteiger partial charge in [-0.05, 0) is 37.5 Å². The summed E-state index contributed by atoms with van der Waals surface area (Å²) in [5, 5.41) is 14.3. The lowest BCUT2D eigenvalue weighted by atomic mass is 10.1. The van der Waals surface area contributed by atoms with E-state index in [9.17, 15) is 14.7 Å². The molecule has 0 aliphatic heterocycles. The zero-order valence-corrected chi connectivity index (χ0v) is 15.2. The van der Waals surface area contributed by atoms with Crippen molar-refractivity contribution in [3.63, 3.8) is 0 Å². The maximum atomic E-state index is 11.7. The smallest absolute Gasteiger partial charge is 0.269 e. The van der Waals surface area contributed by atoms with Crippen molar-refractivity contribution in [1.29, 1.82) is 0 Å². The van der Waals surface area contributed by atoms with Crippen molar-refractivity contribution < 1.29 is 14.7 Å². The second kappa shape index (κ2) is 8.06. The highest BCUT2D eigenvalue weighted by atomic mass is 16.3. The van der Waals surface area contributed by atoms with Crippen LogP contribution in [0.15, 0.2) is 24.3 Å². The van der Waals surface area contributed by atoms with Gasteiger partial charge >= 0.3 is 0 Å². The van der Waals surface area contributed by atoms with Crippen molar-refractivity contribution in [3.8, 4) is 17.5 Å². The number of amides is 2. The topological polar surface area (TPSA) is 101 Å². The van der Waals surface area contributed by atoms with E-state index < -0.39 is 12.0 Å². The lowest BCUT2D eigenvalue weighted by Gasteiger charge is -2.10. The highest BCUT2D eigenvalue weighted by Gasteiger charge is 2.25. The van der Waals surface area contributed by atoms with Crippen molar-refractivity contribution in [3.05, 3.63) is 46.8 Å². The molecule has 3 N–H and O–H groups in total. The van der Waals surface area contributed by atoms with E-state index in [0.29, 0.717) is 25.1 Å². The Kier molecular flexibility index (Phi) is 5.57. The molecule has 2 amide bonds. The predicted octanol–water partition coefficient (Wildman–Crippen LogP) is 0.651. The number of carbonyl (C=O) groups is 2. The highest BCUT2D eigenvalue weighted by Crippen LogP contribution is 2.27. The quantitative estimate of drug-likeness (QED) is 0.579. The van der Waals surface area contributed by atoms with Crippen LogP contribution in [0, 0.1) is 11.8 Å². The molecule has 1 atom stereocenters. The molecule has 0 saturated carbocycles. The summed E-state index contributed by atoms with van der Waals surface area (Å²) in [6.07, 6.45) is 2.94. The molecule has 27 heavy (non-hydrogen) atoms. The minimum absolute atomic E-state index is 0.341. The number of fused-ring (bicyclic) bond motifs is 1. The average Bonchev–Trinajstić information content (AvgIpc) is 3.27. The summed E-state index contributed by atoms with van der Waals surface area (Å²) in [5.41, 5.74) is 9.30. The SMILES string of the molecule is CN(C=O)CCC(O)C#Cc1cccc(-n2nc(C(N)=O)c3c2CCC3)c1. The highest BCUT2D eigenvalue weighted by molar-refractivity contribution is 5.92. The van der Waals surface area contributed by atoms with Crippen LogP contribution >= 0.6 is 0 Å². The lowest BCUT2D eigenvalue weighted by Crippen LogP contribution is -2.21. The van der Waals surface area contributed by atoms with Crippen molar-refractivity contribution in [1.82, 2.24) is 14.7 Å². The van der Waals surface area contributed by atoms with Crippen molar-refractivity contribution >= 4 is 12.3 Å². The molecule has 1 aliphatic rings. The number of benzene rings is 1. The molecule has 0 fully saturated rings. The van der Waals surface area contributed by atoms with E-state index in [4.69, 9.17) is 5.73 Å². The molecule has 1 aromatic carbocycles. The third-order valence-electron chi connectivity index (χ3n) is 4.57. The standard InChI is InChI=1S/C20H22N4O3/c1-23(13-25)11-10-16(26)9-8-14-4-2-5-15(12-14)24-18-7-3-6-17(18)19(22-24)20(21)27/h2,4-5,12-13,16,26H,3,6-7,10-11H2,1H3,(H2,21,27). The molecular weight excluding hydrogens is 344 g/mol. The van der Waals surface area contributed by atoms with Crippen molar-refractivity contribution in [2.45, 2.75) is 31.8 Å². The molecule has 0 radical (unpaired) electrons. The van der Waals surface area contributed by atoms with Crippen LogP contribution in [0.1, 0.15) is 40.2 Å². The number of hydrogen-bond donors (Lipinski definition) is 2. The Bertz CT molecular complexity index is 923. The van der Waals surface area contributed by atoms with Crippen LogP contribution in [0.2, 0.25) is 0 Å². The first-order valence-electron chi connectivity index (χ1n) is 8.85. The summed E-state index contributed by atoms with van der Waals surface area (Å²) >= 11 is 0. The van der Waals surface area contributed by atoms with Crippen LogP contribution < -0.4 is 5.73 Å². The molecule has 1 heterocycles. The van der Waals surface area contributed by atoms with E-state index >= 15 is 0 Å². The Balaban J connectivity index is 1.82. The van der Waals surface area contributed by atoms with E-state index in [0.717, 1.165) is 41.8 Å². The number of hydrogen-bond acceptors (Lipinski definition) is 4. The molecule has 2 aromatic rings. The Labute approximate surface area is 157 Å². The van der Waals surface area contributed by atoms with E-state index in [-0.39, 0.29) is 0 Å². The summed E-state index contributed by atoms with van der Waals surface area (Å²) in [4.78, 5) is 23.7. The monoisotopic (exact) mass is 366 g/mol. The van der Waals surface area contributed by atoms with Gasteiger partial charge < -0.3 is 15.7 Å². The first-order valence-corrected chi connectivity index (χ1v) is 8.85. The summed E-state index contributed by atoms with van der Waals surface area (Å²) in [6, 6.07) is 7.48. The van der Waals surface area contributed by atoms with E-state index in [1.165, 1.54) is 4.90 Å². The van der Waals surface area contributed by atoms with Crippen LogP contribution in [-0.4, -0.2) is 51.8 Å². The van der Waals surface area contributed by atoms with Gasteiger partial charge in [-0.1, -0.05) is 17.9 Å². The van der Waals surface area contributed by atoms with Gasteiger partial charge in [-0.3, -0.25) is 9.59 Å². The zero-order valence-electron chi connectivity index (χ0n) is 15.2. The lowest BCUT2D eigenvalue weighted by molar-refractivity contribution is -0.117. The second-order valence-electron chi connectivity index (χ2n) is 6.61. The fraction of sp³-hybridized carbons (Fsp3) is 0.350. The number of aromatic nitrogens is 2. The van der Waals surface area contributed by atoms with E-state index in [1.807, 2.05) is 24.3 Å². The third-order valence-corrected chi connectivity index (χ3v) is 4.57. The maximum absolute atomic E-state index is 11.7. The molecule has 1 aromatic heterocycles. The number of nitrogens with two attached hydrogens (primary N) is 1. The zero-order chi connectivity index (χ0) is 19.4. The summed E-state index contributed by atoms with van der Waals surface area (Å²) in [7, 11) is 1.65. The molecule has 0 spiro atoms.